The standard InChI is InChI=1S/C7H11N5S/c8-6(9)7(10)13(11)5-3-1-2-4-12-5/h1-4,7,11H,10H2,(H3,8,9). The van der Waals surface area contributed by atoms with Gasteiger partial charge in [-0.3, -0.25) is 10.2 Å². The number of nitrogens with two attached hydrogens (primary N) is 2. The highest BCUT2D eigenvalue weighted by Gasteiger charge is 2.13. The first-order valence-corrected chi connectivity index (χ1v) is 4.86. The number of hydrogen-bond donors (Lipinski definition) is 4. The van der Waals surface area contributed by atoms with Crippen LogP contribution in [0.4, 0.5) is 0 Å². The van der Waals surface area contributed by atoms with Gasteiger partial charge in [0.2, 0.25) is 0 Å². The molecule has 0 saturated heterocycles. The predicted molar refractivity (Wildman–Crippen MR) is 52.5 cm³/mol. The Labute approximate surface area is 78.6 Å². The number of pyridine rings is 1. The average Bonchev–Trinajstić information content (AvgIpc) is 2.17. The monoisotopic (exact) mass is 197 g/mol. The Morgan fingerprint density at radius 3 is 2.69 bits per heavy atom. The van der Waals surface area contributed by atoms with Crippen LogP contribution in [0.1, 0.15) is 0 Å². The van der Waals surface area contributed by atoms with Crippen molar-refractivity contribution in [1.82, 2.24) is 4.98 Å². The van der Waals surface area contributed by atoms with Gasteiger partial charge in [0.15, 0.2) is 0 Å². The average molecular weight is 197 g/mol. The summed E-state index contributed by atoms with van der Waals surface area (Å²) in [6.07, 6.45) is 1.59. The van der Waals surface area contributed by atoms with Crippen molar-refractivity contribution < 1.29 is 0 Å². The summed E-state index contributed by atoms with van der Waals surface area (Å²) in [6, 6.07) is 5.25. The Morgan fingerprint density at radius 1 is 1.54 bits per heavy atom. The molecule has 0 bridgehead atoms. The maximum Gasteiger partial charge on any atom is 0.125 e. The van der Waals surface area contributed by atoms with Crippen LogP contribution in [0.2, 0.25) is 0 Å². The molecule has 0 amide bonds. The fourth-order valence-electron chi connectivity index (χ4n) is 0.734. The molecule has 0 radical (unpaired) electrons. The van der Waals surface area contributed by atoms with Crippen LogP contribution >= 0.6 is 0 Å². The number of hydrogen-bond acceptors (Lipinski definition) is 4. The Bertz CT molecular complexity index is 323. The van der Waals surface area contributed by atoms with Gasteiger partial charge in [0.25, 0.3) is 0 Å². The van der Waals surface area contributed by atoms with E-state index in [1.54, 1.807) is 24.4 Å². The molecule has 70 valence electrons. The second-order valence-corrected chi connectivity index (χ2v) is 3.98. The molecule has 0 spiro atoms. The van der Waals surface area contributed by atoms with Crippen molar-refractivity contribution in [2.24, 2.45) is 11.5 Å². The van der Waals surface area contributed by atoms with Gasteiger partial charge < -0.3 is 11.5 Å². The van der Waals surface area contributed by atoms with E-state index in [9.17, 15) is 0 Å². The molecular weight excluding hydrogens is 186 g/mol. The van der Waals surface area contributed by atoms with Crippen molar-refractivity contribution in [2.75, 3.05) is 0 Å². The van der Waals surface area contributed by atoms with E-state index in [2.05, 4.69) is 4.98 Å². The van der Waals surface area contributed by atoms with Gasteiger partial charge in [0, 0.05) is 6.20 Å². The zero-order chi connectivity index (χ0) is 9.84. The Balaban J connectivity index is 2.86. The summed E-state index contributed by atoms with van der Waals surface area (Å²) in [5, 5.41) is 6.90. The number of aromatic nitrogens is 1. The van der Waals surface area contributed by atoms with Crippen molar-refractivity contribution in [1.29, 1.82) is 10.2 Å². The topological polar surface area (TPSA) is 113 Å². The maximum atomic E-state index is 7.67. The first kappa shape index (κ1) is 9.82. The van der Waals surface area contributed by atoms with Crippen LogP contribution in [0, 0.1) is 10.2 Å². The molecule has 1 aromatic rings. The van der Waals surface area contributed by atoms with E-state index in [-0.39, 0.29) is 5.84 Å². The second-order valence-electron chi connectivity index (χ2n) is 2.38. The van der Waals surface area contributed by atoms with Gasteiger partial charge in [-0.1, -0.05) is 6.07 Å². The third kappa shape index (κ3) is 2.33. The van der Waals surface area contributed by atoms with Crippen LogP contribution < -0.4 is 11.5 Å². The van der Waals surface area contributed by atoms with Gasteiger partial charge in [-0.25, -0.2) is 4.98 Å². The van der Waals surface area contributed by atoms with Crippen molar-refractivity contribution >= 4 is 16.5 Å². The molecule has 0 aliphatic rings. The molecule has 0 aliphatic heterocycles. The molecule has 0 aromatic carbocycles. The predicted octanol–water partition coefficient (Wildman–Crippen LogP) is 0.0419. The van der Waals surface area contributed by atoms with Crippen LogP contribution in [-0.4, -0.2) is 16.2 Å². The van der Waals surface area contributed by atoms with Gasteiger partial charge >= 0.3 is 0 Å². The highest BCUT2D eigenvalue weighted by atomic mass is 32.2. The van der Waals surface area contributed by atoms with E-state index in [0.29, 0.717) is 5.03 Å². The van der Waals surface area contributed by atoms with Gasteiger partial charge in [-0.2, -0.15) is 0 Å². The largest absolute Gasteiger partial charge is 0.386 e. The normalized spacial score (nSPS) is 14.8. The molecule has 1 rings (SSSR count). The quantitative estimate of drug-likeness (QED) is 0.405. The summed E-state index contributed by atoms with van der Waals surface area (Å²) < 4.78 is 7.67. The fraction of sp³-hybridized carbons (Fsp3) is 0.143. The molecular formula is C7H11N5S. The second kappa shape index (κ2) is 4.11. The van der Waals surface area contributed by atoms with Crippen LogP contribution in [0.5, 0.6) is 0 Å². The zero-order valence-corrected chi connectivity index (χ0v) is 7.71. The molecule has 2 atom stereocenters. The number of nitrogens with one attached hydrogen (secondary N) is 2. The van der Waals surface area contributed by atoms with E-state index >= 15 is 0 Å². The zero-order valence-electron chi connectivity index (χ0n) is 6.90. The summed E-state index contributed by atoms with van der Waals surface area (Å²) in [6.45, 7) is 0. The van der Waals surface area contributed by atoms with E-state index in [1.165, 1.54) is 0 Å². The Kier molecular flexibility index (Phi) is 3.10. The van der Waals surface area contributed by atoms with Crippen LogP contribution in [-0.2, 0) is 10.7 Å². The molecule has 0 aliphatic carbocycles. The summed E-state index contributed by atoms with van der Waals surface area (Å²) in [5.41, 5.74) is 10.7. The number of rotatable bonds is 3. The summed E-state index contributed by atoms with van der Waals surface area (Å²) in [4.78, 5) is 3.97. The Morgan fingerprint density at radius 2 is 2.23 bits per heavy atom. The number of amidine groups is 1. The molecule has 1 aromatic heterocycles. The minimum atomic E-state index is -1.04. The fourth-order valence-corrected chi connectivity index (χ4v) is 1.65. The highest BCUT2D eigenvalue weighted by Crippen LogP contribution is 2.04. The summed E-state index contributed by atoms with van der Waals surface area (Å²) >= 11 is 0. The Hall–Kier alpha value is -1.27. The molecule has 0 fully saturated rings. The van der Waals surface area contributed by atoms with Crippen molar-refractivity contribution in [3.63, 3.8) is 0 Å². The summed E-state index contributed by atoms with van der Waals surface area (Å²) in [5.74, 6) is -0.177. The molecule has 5 nitrogen and oxygen atoms in total. The van der Waals surface area contributed by atoms with E-state index < -0.39 is 16.1 Å². The first-order chi connectivity index (χ1) is 6.13. The molecule has 0 saturated carbocycles. The third-order valence-electron chi connectivity index (χ3n) is 1.42. The molecule has 6 N–H and O–H groups in total. The van der Waals surface area contributed by atoms with Crippen molar-refractivity contribution in [3.8, 4) is 0 Å². The lowest BCUT2D eigenvalue weighted by atomic mass is 10.5. The lowest BCUT2D eigenvalue weighted by molar-refractivity contribution is 1.08. The lowest BCUT2D eigenvalue weighted by Crippen LogP contribution is -2.39. The van der Waals surface area contributed by atoms with E-state index in [0.717, 1.165) is 0 Å². The minimum absolute atomic E-state index is 0.177. The van der Waals surface area contributed by atoms with Crippen molar-refractivity contribution in [2.45, 2.75) is 10.4 Å². The van der Waals surface area contributed by atoms with Gasteiger partial charge in [0.1, 0.15) is 16.2 Å². The molecule has 13 heavy (non-hydrogen) atoms. The smallest absolute Gasteiger partial charge is 0.125 e. The van der Waals surface area contributed by atoms with Gasteiger partial charge in [-0.15, -0.1) is 0 Å². The maximum absolute atomic E-state index is 7.67. The summed E-state index contributed by atoms with van der Waals surface area (Å²) in [7, 11) is -1.04. The number of nitrogens with zero attached hydrogens (tertiary/aromatic N) is 1. The SMILES string of the molecule is N=C(N)C(N)S(=N)c1ccccn1. The lowest BCUT2D eigenvalue weighted by Gasteiger charge is -2.11. The molecule has 6 heteroatoms. The highest BCUT2D eigenvalue weighted by molar-refractivity contribution is 7.87. The van der Waals surface area contributed by atoms with Crippen molar-refractivity contribution in [3.05, 3.63) is 24.4 Å². The molecule has 1 heterocycles. The van der Waals surface area contributed by atoms with Crippen LogP contribution in [0.25, 0.3) is 0 Å². The first-order valence-electron chi connectivity index (χ1n) is 3.58. The van der Waals surface area contributed by atoms with Crippen LogP contribution in [0.15, 0.2) is 29.4 Å². The van der Waals surface area contributed by atoms with E-state index in [1.807, 2.05) is 0 Å². The van der Waals surface area contributed by atoms with Crippen LogP contribution in [0.3, 0.4) is 0 Å². The van der Waals surface area contributed by atoms with Gasteiger partial charge in [-0.05, 0) is 22.8 Å². The van der Waals surface area contributed by atoms with E-state index in [4.69, 9.17) is 21.7 Å². The third-order valence-corrected chi connectivity index (χ3v) is 2.88. The molecule has 2 unspecified atom stereocenters. The van der Waals surface area contributed by atoms with Gasteiger partial charge in [0.05, 0.1) is 0 Å². The minimum Gasteiger partial charge on any atom is -0.386 e.